The number of nitrogens with zero attached hydrogens (tertiary/aromatic N) is 3. The Morgan fingerprint density at radius 3 is 2.81 bits per heavy atom. The minimum atomic E-state index is -0.333. The molecular weight excluding hydrogens is 288 g/mol. The molecule has 0 unspecified atom stereocenters. The van der Waals surface area contributed by atoms with Crippen molar-refractivity contribution in [2.75, 3.05) is 11.9 Å². The fraction of sp³-hybridized carbons (Fsp3) is 0.538. The first kappa shape index (κ1) is 14.2. The van der Waals surface area contributed by atoms with Crippen molar-refractivity contribution in [2.24, 2.45) is 0 Å². The van der Waals surface area contributed by atoms with Gasteiger partial charge in [-0.05, 0) is 0 Å². The lowest BCUT2D eigenvalue weighted by molar-refractivity contribution is 0.101. The standard InChI is InChI=1S/C13H18N6OS/c1-13(2,3)11-16-9(18-19-11)10(20)17-12-15-7-4-5-14-6-8(7)21-12/h14H,4-6H2,1-3H3,(H,15,17,20)(H,16,18,19). The predicted molar refractivity (Wildman–Crippen MR) is 80.6 cm³/mol. The van der Waals surface area contributed by atoms with Crippen molar-refractivity contribution >= 4 is 22.4 Å². The molecule has 112 valence electrons. The molecule has 8 heteroatoms. The van der Waals surface area contributed by atoms with Crippen LogP contribution in [0.3, 0.4) is 0 Å². The van der Waals surface area contributed by atoms with Gasteiger partial charge in [-0.1, -0.05) is 20.8 Å². The van der Waals surface area contributed by atoms with E-state index in [0.717, 1.165) is 25.2 Å². The Bertz CT molecular complexity index is 645. The van der Waals surface area contributed by atoms with E-state index in [2.05, 4.69) is 30.8 Å². The van der Waals surface area contributed by atoms with Crippen LogP contribution in [0.25, 0.3) is 0 Å². The predicted octanol–water partition coefficient (Wildman–Crippen LogP) is 1.46. The van der Waals surface area contributed by atoms with Gasteiger partial charge in [-0.2, -0.15) is 0 Å². The number of carbonyl (C=O) groups is 1. The summed E-state index contributed by atoms with van der Waals surface area (Å²) < 4.78 is 0. The van der Waals surface area contributed by atoms with Gasteiger partial charge in [-0.25, -0.2) is 9.97 Å². The van der Waals surface area contributed by atoms with Crippen molar-refractivity contribution < 1.29 is 4.79 Å². The average molecular weight is 306 g/mol. The Kier molecular flexibility index (Phi) is 3.50. The van der Waals surface area contributed by atoms with Gasteiger partial charge in [0, 0.05) is 29.8 Å². The molecule has 0 saturated heterocycles. The number of aromatic amines is 1. The minimum Gasteiger partial charge on any atom is -0.311 e. The highest BCUT2D eigenvalue weighted by atomic mass is 32.1. The molecule has 0 saturated carbocycles. The molecule has 3 N–H and O–H groups in total. The summed E-state index contributed by atoms with van der Waals surface area (Å²) in [5.74, 6) is 0.502. The summed E-state index contributed by atoms with van der Waals surface area (Å²) in [6.45, 7) is 7.78. The summed E-state index contributed by atoms with van der Waals surface area (Å²) in [5.41, 5.74) is 0.900. The number of hydrogen-bond acceptors (Lipinski definition) is 6. The van der Waals surface area contributed by atoms with Crippen molar-refractivity contribution in [1.82, 2.24) is 25.5 Å². The Balaban J connectivity index is 1.74. The van der Waals surface area contributed by atoms with E-state index in [4.69, 9.17) is 0 Å². The van der Waals surface area contributed by atoms with Crippen LogP contribution < -0.4 is 10.6 Å². The molecule has 0 atom stereocenters. The largest absolute Gasteiger partial charge is 0.311 e. The molecule has 2 aromatic heterocycles. The highest BCUT2D eigenvalue weighted by molar-refractivity contribution is 7.15. The number of hydrogen-bond donors (Lipinski definition) is 3. The molecule has 21 heavy (non-hydrogen) atoms. The summed E-state index contributed by atoms with van der Waals surface area (Å²) in [6.07, 6.45) is 0.899. The Morgan fingerprint density at radius 1 is 1.33 bits per heavy atom. The topological polar surface area (TPSA) is 95.6 Å². The van der Waals surface area contributed by atoms with Gasteiger partial charge in [-0.15, -0.1) is 16.4 Å². The molecule has 3 rings (SSSR count). The van der Waals surface area contributed by atoms with Crippen molar-refractivity contribution in [3.05, 3.63) is 22.2 Å². The van der Waals surface area contributed by atoms with Crippen LogP contribution in [0.5, 0.6) is 0 Å². The van der Waals surface area contributed by atoms with Gasteiger partial charge in [0.2, 0.25) is 5.82 Å². The first-order valence-electron chi connectivity index (χ1n) is 6.87. The van der Waals surface area contributed by atoms with Gasteiger partial charge in [0.25, 0.3) is 5.91 Å². The third kappa shape index (κ3) is 2.96. The van der Waals surface area contributed by atoms with Gasteiger partial charge < -0.3 is 5.32 Å². The number of carbonyl (C=O) groups excluding carboxylic acids is 1. The summed E-state index contributed by atoms with van der Waals surface area (Å²) in [6, 6.07) is 0. The average Bonchev–Trinajstić information content (AvgIpc) is 3.04. The molecule has 2 aromatic rings. The Hall–Kier alpha value is -1.80. The molecule has 0 radical (unpaired) electrons. The lowest BCUT2D eigenvalue weighted by atomic mass is 9.96. The fourth-order valence-corrected chi connectivity index (χ4v) is 3.00. The van der Waals surface area contributed by atoms with Crippen LogP contribution >= 0.6 is 11.3 Å². The summed E-state index contributed by atoms with van der Waals surface area (Å²) in [7, 11) is 0. The molecule has 1 aliphatic heterocycles. The van der Waals surface area contributed by atoms with Gasteiger partial charge in [0.05, 0.1) is 5.69 Å². The van der Waals surface area contributed by atoms with Gasteiger partial charge >= 0.3 is 0 Å². The maximum absolute atomic E-state index is 12.2. The van der Waals surface area contributed by atoms with Gasteiger partial charge in [0.15, 0.2) is 5.13 Å². The number of nitrogens with one attached hydrogen (secondary N) is 3. The van der Waals surface area contributed by atoms with E-state index < -0.39 is 0 Å². The number of amides is 1. The Morgan fingerprint density at radius 2 is 2.14 bits per heavy atom. The van der Waals surface area contributed by atoms with Gasteiger partial charge in [-0.3, -0.25) is 15.2 Å². The maximum Gasteiger partial charge on any atom is 0.297 e. The number of H-pyrrole nitrogens is 1. The SMILES string of the molecule is CC(C)(C)c1nc(C(=O)Nc2nc3c(s2)CNCC3)n[nH]1. The second-order valence-electron chi connectivity index (χ2n) is 6.03. The van der Waals surface area contributed by atoms with E-state index in [0.29, 0.717) is 11.0 Å². The van der Waals surface area contributed by atoms with E-state index >= 15 is 0 Å². The monoisotopic (exact) mass is 306 g/mol. The van der Waals surface area contributed by atoms with Gasteiger partial charge in [0.1, 0.15) is 5.82 Å². The molecule has 0 aliphatic carbocycles. The fourth-order valence-electron chi connectivity index (χ4n) is 2.03. The van der Waals surface area contributed by atoms with Crippen molar-refractivity contribution in [2.45, 2.75) is 39.2 Å². The zero-order valence-electron chi connectivity index (χ0n) is 12.3. The van der Waals surface area contributed by atoms with Crippen LogP contribution in [0.1, 0.15) is 47.8 Å². The van der Waals surface area contributed by atoms with Crippen molar-refractivity contribution in [1.29, 1.82) is 0 Å². The van der Waals surface area contributed by atoms with E-state index in [1.807, 2.05) is 20.8 Å². The smallest absolute Gasteiger partial charge is 0.297 e. The third-order valence-corrected chi connectivity index (χ3v) is 4.23. The molecule has 0 spiro atoms. The zero-order valence-corrected chi connectivity index (χ0v) is 13.1. The number of fused-ring (bicyclic) bond motifs is 1. The quantitative estimate of drug-likeness (QED) is 0.780. The van der Waals surface area contributed by atoms with E-state index in [9.17, 15) is 4.79 Å². The van der Waals surface area contributed by atoms with Crippen molar-refractivity contribution in [3.8, 4) is 0 Å². The van der Waals surface area contributed by atoms with Crippen molar-refractivity contribution in [3.63, 3.8) is 0 Å². The van der Waals surface area contributed by atoms with Crippen LogP contribution in [0.15, 0.2) is 0 Å². The lowest BCUT2D eigenvalue weighted by Crippen LogP contribution is -2.22. The second-order valence-corrected chi connectivity index (χ2v) is 7.11. The third-order valence-electron chi connectivity index (χ3n) is 3.22. The molecule has 0 bridgehead atoms. The molecular formula is C13H18N6OS. The highest BCUT2D eigenvalue weighted by Gasteiger charge is 2.22. The molecule has 1 amide bonds. The summed E-state index contributed by atoms with van der Waals surface area (Å²) in [5, 5.41) is 13.5. The van der Waals surface area contributed by atoms with E-state index in [1.165, 1.54) is 16.2 Å². The van der Waals surface area contributed by atoms with Crippen LogP contribution in [-0.4, -0.2) is 32.6 Å². The normalized spacial score (nSPS) is 14.8. The molecule has 3 heterocycles. The maximum atomic E-state index is 12.2. The minimum absolute atomic E-state index is 0.145. The number of anilines is 1. The lowest BCUT2D eigenvalue weighted by Gasteiger charge is -2.12. The molecule has 0 fully saturated rings. The first-order chi connectivity index (χ1) is 9.93. The summed E-state index contributed by atoms with van der Waals surface area (Å²) >= 11 is 1.50. The highest BCUT2D eigenvalue weighted by Crippen LogP contribution is 2.25. The van der Waals surface area contributed by atoms with Crippen LogP contribution in [-0.2, 0) is 18.4 Å². The zero-order chi connectivity index (χ0) is 15.0. The summed E-state index contributed by atoms with van der Waals surface area (Å²) in [4.78, 5) is 22.0. The van der Waals surface area contributed by atoms with E-state index in [1.54, 1.807) is 0 Å². The molecule has 7 nitrogen and oxygen atoms in total. The van der Waals surface area contributed by atoms with Crippen LogP contribution in [0, 0.1) is 0 Å². The number of thiazole rings is 1. The number of aromatic nitrogens is 4. The second kappa shape index (κ2) is 5.19. The first-order valence-corrected chi connectivity index (χ1v) is 7.68. The molecule has 1 aliphatic rings. The molecule has 0 aromatic carbocycles. The Labute approximate surface area is 126 Å². The van der Waals surface area contributed by atoms with Crippen LogP contribution in [0.4, 0.5) is 5.13 Å². The van der Waals surface area contributed by atoms with Crippen LogP contribution in [0.2, 0.25) is 0 Å². The van der Waals surface area contributed by atoms with E-state index in [-0.39, 0.29) is 17.1 Å². The number of rotatable bonds is 2.